The van der Waals surface area contributed by atoms with Crippen molar-refractivity contribution in [3.8, 4) is 0 Å². The van der Waals surface area contributed by atoms with E-state index in [1.54, 1.807) is 22.8 Å². The highest BCUT2D eigenvalue weighted by Gasteiger charge is 2.26. The molecule has 0 bridgehead atoms. The van der Waals surface area contributed by atoms with Gasteiger partial charge in [-0.05, 0) is 65.2 Å². The lowest BCUT2D eigenvalue weighted by molar-refractivity contribution is 0.240. The number of amides is 1. The molecule has 0 saturated carbocycles. The van der Waals surface area contributed by atoms with Gasteiger partial charge in [-0.15, -0.1) is 0 Å². The molecule has 0 saturated heterocycles. The Hall–Kier alpha value is -2.90. The molecule has 9 heteroatoms. The minimum atomic E-state index is -0.576. The van der Waals surface area contributed by atoms with Crippen LogP contribution >= 0.6 is 34.8 Å². The van der Waals surface area contributed by atoms with Crippen molar-refractivity contribution < 1.29 is 9.18 Å². The number of nitrogens with zero attached hydrogens (tertiary/aromatic N) is 3. The van der Waals surface area contributed by atoms with E-state index in [-0.39, 0.29) is 12.6 Å². The zero-order valence-electron chi connectivity index (χ0n) is 19.1. The fraction of sp³-hybridized carbons (Fsp3) is 0.185. The Morgan fingerprint density at radius 2 is 1.86 bits per heavy atom. The van der Waals surface area contributed by atoms with Gasteiger partial charge in [-0.2, -0.15) is 4.39 Å². The fourth-order valence-corrected chi connectivity index (χ4v) is 5.31. The fourth-order valence-electron chi connectivity index (χ4n) is 4.59. The first-order chi connectivity index (χ1) is 17.4. The van der Waals surface area contributed by atoms with Gasteiger partial charge >= 0.3 is 6.03 Å². The Bertz CT molecular complexity index is 1460. The van der Waals surface area contributed by atoms with Crippen LogP contribution in [0.25, 0.3) is 17.0 Å². The Kier molecular flexibility index (Phi) is 7.30. The molecule has 1 amide bonds. The van der Waals surface area contributed by atoms with Gasteiger partial charge in [0, 0.05) is 64.9 Å². The van der Waals surface area contributed by atoms with Gasteiger partial charge < -0.3 is 5.32 Å². The summed E-state index contributed by atoms with van der Waals surface area (Å²) in [5, 5.41) is 5.68. The lowest BCUT2D eigenvalue weighted by Gasteiger charge is -2.27. The van der Waals surface area contributed by atoms with Gasteiger partial charge in [0.1, 0.15) is 0 Å². The van der Waals surface area contributed by atoms with Crippen LogP contribution in [0.15, 0.2) is 60.8 Å². The number of hydrogen-bond acceptors (Lipinski definition) is 3. The number of carbonyl (C=O) groups is 1. The molecule has 0 unspecified atom stereocenters. The minimum absolute atomic E-state index is 0.199. The number of aromatic nitrogens is 2. The average Bonchev–Trinajstić information content (AvgIpc) is 3.15. The number of rotatable bonds is 5. The van der Waals surface area contributed by atoms with Crippen molar-refractivity contribution in [1.29, 1.82) is 0 Å². The van der Waals surface area contributed by atoms with E-state index < -0.39 is 5.95 Å². The van der Waals surface area contributed by atoms with Gasteiger partial charge in [0.15, 0.2) is 0 Å². The molecule has 5 nitrogen and oxygen atoms in total. The second-order valence-electron chi connectivity index (χ2n) is 8.66. The van der Waals surface area contributed by atoms with Gasteiger partial charge in [0.2, 0.25) is 5.95 Å². The Morgan fingerprint density at radius 3 is 2.64 bits per heavy atom. The normalized spacial score (nSPS) is 13.9. The number of halogens is 4. The summed E-state index contributed by atoms with van der Waals surface area (Å²) >= 11 is 18.5. The second-order valence-corrected chi connectivity index (χ2v) is 9.97. The molecular weight excluding hydrogens is 522 g/mol. The van der Waals surface area contributed by atoms with E-state index in [1.165, 1.54) is 12.3 Å². The number of nitrogens with one attached hydrogen (secondary N) is 1. The SMILES string of the molecule is O=C(NCc1ccnc(F)c1)n1c2c(c3cc(Cl)ccc31)CN(CC=Cc1cc(Cl)cc(Cl)c1)CC2. The highest BCUT2D eigenvalue weighted by Crippen LogP contribution is 2.33. The van der Waals surface area contributed by atoms with Crippen LogP contribution < -0.4 is 5.32 Å². The average molecular weight is 544 g/mol. The molecule has 2 aromatic carbocycles. The standard InChI is InChI=1S/C27H22Cl3FN4O/c28-19-3-4-24-22(14-19)23-16-34(8-1-2-17-10-20(29)13-21(30)11-17)9-6-25(23)35(24)27(36)33-15-18-5-7-32-26(31)12-18/h1-5,7,10-14H,6,8-9,15-16H2,(H,33,36). The van der Waals surface area contributed by atoms with E-state index in [1.807, 2.05) is 30.3 Å². The van der Waals surface area contributed by atoms with E-state index in [4.69, 9.17) is 34.8 Å². The van der Waals surface area contributed by atoms with Gasteiger partial charge in [0.25, 0.3) is 0 Å². The summed E-state index contributed by atoms with van der Waals surface area (Å²) < 4.78 is 15.2. The molecule has 184 valence electrons. The van der Waals surface area contributed by atoms with Crippen molar-refractivity contribution in [2.45, 2.75) is 19.5 Å². The maximum Gasteiger partial charge on any atom is 0.326 e. The first-order valence-electron chi connectivity index (χ1n) is 11.4. The number of fused-ring (bicyclic) bond motifs is 3. The molecule has 1 aliphatic heterocycles. The molecule has 0 radical (unpaired) electrons. The van der Waals surface area contributed by atoms with Gasteiger partial charge in [-0.25, -0.2) is 9.78 Å². The Morgan fingerprint density at radius 1 is 1.06 bits per heavy atom. The number of hydrogen-bond donors (Lipinski definition) is 1. The molecule has 0 aliphatic carbocycles. The molecule has 1 N–H and O–H groups in total. The van der Waals surface area contributed by atoms with Crippen molar-refractivity contribution >= 4 is 57.8 Å². The highest BCUT2D eigenvalue weighted by molar-refractivity contribution is 6.34. The van der Waals surface area contributed by atoms with Crippen LogP contribution in [-0.2, 0) is 19.5 Å². The number of benzene rings is 2. The van der Waals surface area contributed by atoms with E-state index >= 15 is 0 Å². The maximum atomic E-state index is 13.4. The first kappa shape index (κ1) is 24.8. The van der Waals surface area contributed by atoms with E-state index in [2.05, 4.69) is 21.3 Å². The van der Waals surface area contributed by atoms with Gasteiger partial charge in [-0.3, -0.25) is 9.47 Å². The monoisotopic (exact) mass is 542 g/mol. The zero-order chi connectivity index (χ0) is 25.2. The first-order valence-corrected chi connectivity index (χ1v) is 12.6. The molecule has 1 aliphatic rings. The third-order valence-corrected chi connectivity index (χ3v) is 6.86. The summed E-state index contributed by atoms with van der Waals surface area (Å²) in [6.45, 7) is 2.41. The van der Waals surface area contributed by atoms with Crippen molar-refractivity contribution in [2.24, 2.45) is 0 Å². The van der Waals surface area contributed by atoms with Crippen LogP contribution in [0.4, 0.5) is 9.18 Å². The van der Waals surface area contributed by atoms with Crippen LogP contribution in [-0.4, -0.2) is 33.6 Å². The topological polar surface area (TPSA) is 50.2 Å². The van der Waals surface area contributed by atoms with Crippen LogP contribution in [0.5, 0.6) is 0 Å². The van der Waals surface area contributed by atoms with Crippen LogP contribution in [0.2, 0.25) is 15.1 Å². The predicted molar refractivity (Wildman–Crippen MR) is 143 cm³/mol. The molecule has 0 fully saturated rings. The van der Waals surface area contributed by atoms with Crippen LogP contribution in [0.1, 0.15) is 22.4 Å². The van der Waals surface area contributed by atoms with E-state index in [0.717, 1.165) is 40.8 Å². The van der Waals surface area contributed by atoms with Crippen molar-refractivity contribution in [2.75, 3.05) is 13.1 Å². The van der Waals surface area contributed by atoms with Crippen LogP contribution in [0, 0.1) is 5.95 Å². The Labute approximate surface area is 223 Å². The quantitative estimate of drug-likeness (QED) is 0.277. The molecule has 36 heavy (non-hydrogen) atoms. The molecule has 0 atom stereocenters. The summed E-state index contributed by atoms with van der Waals surface area (Å²) in [6.07, 6.45) is 6.17. The van der Waals surface area contributed by atoms with Crippen molar-refractivity contribution in [1.82, 2.24) is 19.8 Å². The maximum absolute atomic E-state index is 13.4. The summed E-state index contributed by atoms with van der Waals surface area (Å²) in [5.74, 6) is -0.576. The molecule has 0 spiro atoms. The lowest BCUT2D eigenvalue weighted by atomic mass is 10.0. The lowest BCUT2D eigenvalue weighted by Crippen LogP contribution is -2.34. The predicted octanol–water partition coefficient (Wildman–Crippen LogP) is 6.97. The van der Waals surface area contributed by atoms with E-state index in [9.17, 15) is 9.18 Å². The summed E-state index contributed by atoms with van der Waals surface area (Å²) in [5.41, 5.74) is 4.44. The smallest absolute Gasteiger partial charge is 0.326 e. The summed E-state index contributed by atoms with van der Waals surface area (Å²) in [7, 11) is 0. The highest BCUT2D eigenvalue weighted by atomic mass is 35.5. The van der Waals surface area contributed by atoms with Gasteiger partial charge in [0.05, 0.1) is 5.52 Å². The molecule has 3 heterocycles. The third kappa shape index (κ3) is 5.42. The van der Waals surface area contributed by atoms with E-state index in [0.29, 0.717) is 33.6 Å². The zero-order valence-corrected chi connectivity index (χ0v) is 21.4. The Balaban J connectivity index is 1.37. The second kappa shape index (κ2) is 10.6. The third-order valence-electron chi connectivity index (χ3n) is 6.19. The molecular formula is C27H22Cl3FN4O. The molecule has 5 rings (SSSR count). The van der Waals surface area contributed by atoms with Crippen LogP contribution in [0.3, 0.4) is 0 Å². The summed E-state index contributed by atoms with van der Waals surface area (Å²) in [4.78, 5) is 19.1. The number of carbonyl (C=O) groups excluding carboxylic acids is 1. The number of pyridine rings is 1. The van der Waals surface area contributed by atoms with Crippen molar-refractivity contribution in [3.63, 3.8) is 0 Å². The molecule has 4 aromatic rings. The van der Waals surface area contributed by atoms with Gasteiger partial charge in [-0.1, -0.05) is 47.0 Å². The van der Waals surface area contributed by atoms with Crippen molar-refractivity contribution in [3.05, 3.63) is 104 Å². The minimum Gasteiger partial charge on any atom is -0.333 e. The largest absolute Gasteiger partial charge is 0.333 e. The summed E-state index contributed by atoms with van der Waals surface area (Å²) in [6, 6.07) is 13.7. The molecule has 2 aromatic heterocycles.